The van der Waals surface area contributed by atoms with Gasteiger partial charge in [0.25, 0.3) is 0 Å². The van der Waals surface area contributed by atoms with E-state index in [9.17, 15) is 21.6 Å². The average molecular weight is 859 g/mol. The van der Waals surface area contributed by atoms with E-state index in [2.05, 4.69) is 50.8 Å². The quantitative estimate of drug-likeness (QED) is 0.0828. The van der Waals surface area contributed by atoms with Gasteiger partial charge in [0.15, 0.2) is 0 Å². The molecular weight excluding hydrogens is 793 g/mol. The van der Waals surface area contributed by atoms with E-state index in [1.54, 1.807) is 36.2 Å². The molecule has 57 heavy (non-hydrogen) atoms. The van der Waals surface area contributed by atoms with Crippen LogP contribution in [0.5, 0.6) is 0 Å². The van der Waals surface area contributed by atoms with Crippen molar-refractivity contribution in [1.82, 2.24) is 9.80 Å². The van der Waals surface area contributed by atoms with Gasteiger partial charge in [-0.05, 0) is 90.9 Å². The zero-order valence-electron chi connectivity index (χ0n) is 35.5. The van der Waals surface area contributed by atoms with Crippen molar-refractivity contribution >= 4 is 78.8 Å². The van der Waals surface area contributed by atoms with E-state index in [4.69, 9.17) is 0 Å². The topological polar surface area (TPSA) is 98.3 Å². The van der Waals surface area contributed by atoms with Gasteiger partial charge in [-0.15, -0.1) is 22.7 Å². The van der Waals surface area contributed by atoms with E-state index in [0.717, 1.165) is 61.8 Å². The summed E-state index contributed by atoms with van der Waals surface area (Å²) >= 11 is 3.16. The number of thiophene rings is 2. The lowest BCUT2D eigenvalue weighted by Gasteiger charge is -2.27. The highest BCUT2D eigenvalue weighted by Gasteiger charge is 2.32. The van der Waals surface area contributed by atoms with Gasteiger partial charge >= 0.3 is 0 Å². The predicted molar refractivity (Wildman–Crippen MR) is 244 cm³/mol. The minimum absolute atomic E-state index is 0.0440. The summed E-state index contributed by atoms with van der Waals surface area (Å²) in [5.41, 5.74) is 2.12. The van der Waals surface area contributed by atoms with Crippen molar-refractivity contribution in [3.63, 3.8) is 0 Å². The van der Waals surface area contributed by atoms with Crippen molar-refractivity contribution in [1.29, 1.82) is 0 Å². The second-order valence-electron chi connectivity index (χ2n) is 16.9. The third-order valence-corrected chi connectivity index (χ3v) is 17.3. The lowest BCUT2D eigenvalue weighted by atomic mass is 10.2. The fourth-order valence-electron chi connectivity index (χ4n) is 7.35. The third-order valence-electron chi connectivity index (χ3n) is 11.0. The molecule has 0 unspecified atom stereocenters. The van der Waals surface area contributed by atoms with Crippen LogP contribution in [0, 0.1) is 37.5 Å². The second kappa shape index (κ2) is 20.0. The Hall–Kier alpha value is -2.71. The Kier molecular flexibility index (Phi) is 15.9. The van der Waals surface area contributed by atoms with Crippen LogP contribution in [0.15, 0.2) is 48.5 Å². The molecule has 2 aromatic carbocycles. The Bertz CT molecular complexity index is 2150. The number of aryl methyl sites for hydroxylation is 2. The molecule has 2 fully saturated rings. The smallest absolute Gasteiger partial charge is 0.237 e. The van der Waals surface area contributed by atoms with Gasteiger partial charge in [0.2, 0.25) is 26.0 Å². The molecule has 2 aliphatic rings. The Morgan fingerprint density at radius 2 is 1.09 bits per heavy atom. The van der Waals surface area contributed by atoms with Gasteiger partial charge < -0.3 is 9.80 Å². The van der Waals surface area contributed by atoms with Crippen molar-refractivity contribution in [2.75, 3.05) is 65.9 Å². The highest BCUT2D eigenvalue weighted by atomic mass is 32.2. The van der Waals surface area contributed by atoms with Crippen LogP contribution in [0.1, 0.15) is 91.2 Å². The summed E-state index contributed by atoms with van der Waals surface area (Å²) in [7, 11) is -6.88. The van der Waals surface area contributed by atoms with Crippen LogP contribution in [0.4, 0.5) is 10.0 Å². The van der Waals surface area contributed by atoms with E-state index in [1.807, 2.05) is 51.1 Å². The molecule has 2 heterocycles. The van der Waals surface area contributed by atoms with E-state index in [0.29, 0.717) is 49.9 Å². The first-order chi connectivity index (χ1) is 27.0. The zero-order chi connectivity index (χ0) is 41.5. The molecule has 1 amide bonds. The lowest BCUT2D eigenvalue weighted by molar-refractivity contribution is -0.129. The Balaban J connectivity index is 0.000000218. The molecule has 2 aliphatic carbocycles. The molecule has 0 aliphatic heterocycles. The lowest BCUT2D eigenvalue weighted by Crippen LogP contribution is -2.41. The molecule has 6 rings (SSSR count). The standard InChI is InChI=1S/C22H32N2O3S2.C22H34N2O2S2/c1-16(2)15-23(18(4)25)13-14-29(26,27)24(12-11-19-9-10-19)22-17(3)20-7-5-6-8-21(20)28-22;1-5-23(16-17(2)3)14-15-28(25,26)24(13-12-19-10-11-19)22-18(4)20-8-6-7-9-21(20)27-22/h5-8,16,19H,9-15H2,1-4H3;6-9,17,19H,5,10-16H2,1-4H3. The Morgan fingerprint density at radius 3 is 1.46 bits per heavy atom. The van der Waals surface area contributed by atoms with Crippen LogP contribution in [-0.2, 0) is 24.8 Å². The minimum atomic E-state index is -3.53. The SMILES string of the molecule is CC(=O)N(CCS(=O)(=O)N(CCC1CC1)c1sc2ccccc2c1C)CC(C)C.CCN(CCS(=O)(=O)N(CCC1CC1)c1sc2ccccc2c1C)CC(C)C. The number of carbonyl (C=O) groups excluding carboxylic acids is 1. The van der Waals surface area contributed by atoms with Crippen LogP contribution < -0.4 is 8.61 Å². The number of fused-ring (bicyclic) bond motifs is 2. The maximum absolute atomic E-state index is 13.4. The van der Waals surface area contributed by atoms with Gasteiger partial charge in [0.05, 0.1) is 11.5 Å². The zero-order valence-corrected chi connectivity index (χ0v) is 38.8. The molecule has 0 atom stereocenters. The first-order valence-electron chi connectivity index (χ1n) is 21.0. The molecule has 316 valence electrons. The third kappa shape index (κ3) is 12.6. The van der Waals surface area contributed by atoms with Gasteiger partial charge in [0.1, 0.15) is 10.0 Å². The van der Waals surface area contributed by atoms with Gasteiger partial charge in [-0.1, -0.05) is 96.7 Å². The van der Waals surface area contributed by atoms with Gasteiger partial charge in [-0.25, -0.2) is 16.8 Å². The van der Waals surface area contributed by atoms with Crippen molar-refractivity contribution in [2.24, 2.45) is 23.7 Å². The molecule has 4 aromatic rings. The van der Waals surface area contributed by atoms with Gasteiger partial charge in [0, 0.05) is 55.6 Å². The number of anilines is 2. The summed E-state index contributed by atoms with van der Waals surface area (Å²) in [5, 5.41) is 4.02. The van der Waals surface area contributed by atoms with Crippen molar-refractivity contribution in [3.8, 4) is 0 Å². The summed E-state index contributed by atoms with van der Waals surface area (Å²) in [6.07, 6.45) is 6.76. The summed E-state index contributed by atoms with van der Waals surface area (Å²) in [6.45, 7) is 20.5. The molecule has 13 heteroatoms. The number of carbonyl (C=O) groups is 1. The number of sulfonamides is 2. The second-order valence-corrected chi connectivity index (χ2v) is 23.0. The molecule has 9 nitrogen and oxygen atoms in total. The fourth-order valence-corrected chi connectivity index (χ4v) is 13.5. The molecule has 2 saturated carbocycles. The van der Waals surface area contributed by atoms with E-state index >= 15 is 0 Å². The van der Waals surface area contributed by atoms with Crippen LogP contribution >= 0.6 is 22.7 Å². The molecule has 0 spiro atoms. The normalized spacial score (nSPS) is 14.8. The summed E-state index contributed by atoms with van der Waals surface area (Å²) in [4.78, 5) is 15.9. The number of hydrogen-bond acceptors (Lipinski definition) is 8. The van der Waals surface area contributed by atoms with Crippen molar-refractivity contribution in [3.05, 3.63) is 59.7 Å². The Morgan fingerprint density at radius 1 is 0.667 bits per heavy atom. The number of benzene rings is 2. The first-order valence-corrected chi connectivity index (χ1v) is 25.8. The van der Waals surface area contributed by atoms with Crippen LogP contribution in [-0.4, -0.2) is 89.9 Å². The van der Waals surface area contributed by atoms with E-state index in [-0.39, 0.29) is 24.0 Å². The molecule has 0 radical (unpaired) electrons. The predicted octanol–water partition coefficient (Wildman–Crippen LogP) is 9.77. The van der Waals surface area contributed by atoms with Crippen molar-refractivity contribution < 1.29 is 21.6 Å². The maximum Gasteiger partial charge on any atom is 0.237 e. The van der Waals surface area contributed by atoms with Crippen LogP contribution in [0.3, 0.4) is 0 Å². The molecular formula is C44H66N4O5S4. The van der Waals surface area contributed by atoms with E-state index < -0.39 is 20.0 Å². The van der Waals surface area contributed by atoms with Crippen LogP contribution in [0.25, 0.3) is 20.2 Å². The highest BCUT2D eigenvalue weighted by molar-refractivity contribution is 7.93. The van der Waals surface area contributed by atoms with Gasteiger partial charge in [-0.3, -0.25) is 13.4 Å². The summed E-state index contributed by atoms with van der Waals surface area (Å²) in [5.74, 6) is 2.27. The van der Waals surface area contributed by atoms with E-state index in [1.165, 1.54) is 38.0 Å². The summed E-state index contributed by atoms with van der Waals surface area (Å²) in [6, 6.07) is 16.3. The molecule has 0 bridgehead atoms. The number of rotatable bonds is 21. The fraction of sp³-hybridized carbons (Fsp3) is 0.614. The Labute approximate surface area is 351 Å². The van der Waals surface area contributed by atoms with Crippen LogP contribution in [0.2, 0.25) is 0 Å². The minimum Gasteiger partial charge on any atom is -0.342 e. The molecule has 2 aromatic heterocycles. The summed E-state index contributed by atoms with van der Waals surface area (Å²) < 4.78 is 59.2. The largest absolute Gasteiger partial charge is 0.342 e. The molecule has 0 N–H and O–H groups in total. The van der Waals surface area contributed by atoms with Gasteiger partial charge in [-0.2, -0.15) is 0 Å². The van der Waals surface area contributed by atoms with Crippen molar-refractivity contribution in [2.45, 2.75) is 93.9 Å². The number of amides is 1. The average Bonchev–Trinajstić information content (AvgIpc) is 4.10. The number of nitrogens with zero attached hydrogens (tertiary/aromatic N) is 4. The molecule has 0 saturated heterocycles. The number of hydrogen-bond donors (Lipinski definition) is 0. The highest BCUT2D eigenvalue weighted by Crippen LogP contribution is 2.42. The maximum atomic E-state index is 13.4. The monoisotopic (exact) mass is 858 g/mol. The first kappa shape index (κ1) is 45.4.